The van der Waals surface area contributed by atoms with Crippen LogP contribution in [0.2, 0.25) is 10.6 Å². The third-order valence-corrected chi connectivity index (χ3v) is 7.85. The SMILES string of the molecule is CC(C)(C)CCCCCCCC[CH2][AlH][CH2]CCCCCCCCC(C)(C)C. The van der Waals surface area contributed by atoms with E-state index < -0.39 is 0 Å². The topological polar surface area (TPSA) is 0 Å². The van der Waals surface area contributed by atoms with Crippen LogP contribution in [-0.4, -0.2) is 15.2 Å². The van der Waals surface area contributed by atoms with Gasteiger partial charge in [0.2, 0.25) is 15.2 Å². The van der Waals surface area contributed by atoms with E-state index in [1.807, 2.05) is 0 Å². The van der Waals surface area contributed by atoms with Crippen LogP contribution in [-0.2, 0) is 0 Å². The molecule has 0 spiro atoms. The quantitative estimate of drug-likeness (QED) is 0.160. The predicted octanol–water partition coefficient (Wildman–Crippen LogP) is 9.59. The van der Waals surface area contributed by atoms with Crippen LogP contribution in [0, 0.1) is 10.8 Å². The van der Waals surface area contributed by atoms with Crippen molar-refractivity contribution in [3.05, 3.63) is 0 Å². The Morgan fingerprint density at radius 3 is 0.926 bits per heavy atom. The van der Waals surface area contributed by atoms with Crippen LogP contribution in [0.1, 0.15) is 144 Å². The molecule has 0 aliphatic heterocycles. The second-order valence-electron chi connectivity index (χ2n) is 11.6. The van der Waals surface area contributed by atoms with E-state index >= 15 is 0 Å². The van der Waals surface area contributed by atoms with Crippen LogP contribution < -0.4 is 0 Å². The lowest BCUT2D eigenvalue weighted by molar-refractivity contribution is 0.356. The van der Waals surface area contributed by atoms with Gasteiger partial charge in [0.1, 0.15) is 0 Å². The van der Waals surface area contributed by atoms with Gasteiger partial charge in [-0.25, -0.2) is 0 Å². The Hall–Kier alpha value is 0.532. The molecule has 0 N–H and O–H groups in total. The molecule has 162 valence electrons. The first-order valence-electron chi connectivity index (χ1n) is 12.7. The first-order valence-corrected chi connectivity index (χ1v) is 14.7. The molecule has 0 aromatic carbocycles. The van der Waals surface area contributed by atoms with Gasteiger partial charge < -0.3 is 0 Å². The van der Waals surface area contributed by atoms with Gasteiger partial charge in [0.15, 0.2) is 0 Å². The minimum atomic E-state index is 0.285. The zero-order valence-corrected chi connectivity index (χ0v) is 21.8. The van der Waals surface area contributed by atoms with Crippen molar-refractivity contribution in [3.63, 3.8) is 0 Å². The van der Waals surface area contributed by atoms with Gasteiger partial charge in [-0.05, 0) is 23.7 Å². The molecule has 0 rings (SSSR count). The maximum absolute atomic E-state index is 2.37. The average molecular weight is 395 g/mol. The molecule has 0 bridgehead atoms. The van der Waals surface area contributed by atoms with Crippen molar-refractivity contribution in [2.75, 3.05) is 0 Å². The Morgan fingerprint density at radius 2 is 0.630 bits per heavy atom. The lowest BCUT2D eigenvalue weighted by atomic mass is 9.89. The highest BCUT2D eigenvalue weighted by Gasteiger charge is 2.09. The third kappa shape index (κ3) is 26.5. The molecule has 0 saturated heterocycles. The van der Waals surface area contributed by atoms with Crippen molar-refractivity contribution in [2.24, 2.45) is 10.8 Å². The zero-order valence-electron chi connectivity index (χ0n) is 20.4. The van der Waals surface area contributed by atoms with Crippen molar-refractivity contribution < 1.29 is 0 Å². The molecule has 27 heavy (non-hydrogen) atoms. The van der Waals surface area contributed by atoms with E-state index in [1.54, 1.807) is 23.4 Å². The summed E-state index contributed by atoms with van der Waals surface area (Å²) in [5.74, 6) is 0. The Bertz CT molecular complexity index is 264. The molecular formula is C26H55Al. The zero-order chi connectivity index (χ0) is 20.4. The number of hydrogen-bond donors (Lipinski definition) is 0. The standard InChI is InChI=1S/2C13H27.Al.H/c2*1-5-6-7-8-9-10-11-12-13(2,3)4;;/h2*1,5-12H2,2-4H3;;. The summed E-state index contributed by atoms with van der Waals surface area (Å²) in [6, 6.07) is 0. The van der Waals surface area contributed by atoms with Crippen LogP contribution in [0.3, 0.4) is 0 Å². The summed E-state index contributed by atoms with van der Waals surface area (Å²) in [5.41, 5.74) is 1.08. The second kappa shape index (κ2) is 17.4. The van der Waals surface area contributed by atoms with Gasteiger partial charge in [0.25, 0.3) is 0 Å². The monoisotopic (exact) mass is 394 g/mol. The Kier molecular flexibility index (Phi) is 17.7. The van der Waals surface area contributed by atoms with Gasteiger partial charge in [-0.2, -0.15) is 0 Å². The van der Waals surface area contributed by atoms with Gasteiger partial charge in [-0.3, -0.25) is 0 Å². The molecule has 0 saturated carbocycles. The molecule has 0 nitrogen and oxygen atoms in total. The molecule has 0 aliphatic rings. The molecular weight excluding hydrogens is 339 g/mol. The molecule has 1 heteroatoms. The first-order chi connectivity index (χ1) is 12.7. The molecule has 0 radical (unpaired) electrons. The molecule has 0 fully saturated rings. The van der Waals surface area contributed by atoms with E-state index in [4.69, 9.17) is 0 Å². The van der Waals surface area contributed by atoms with Crippen LogP contribution in [0.4, 0.5) is 0 Å². The molecule has 0 heterocycles. The van der Waals surface area contributed by atoms with Crippen molar-refractivity contribution in [2.45, 2.75) is 155 Å². The number of rotatable bonds is 18. The highest BCUT2D eigenvalue weighted by atomic mass is 27.1. The summed E-state index contributed by atoms with van der Waals surface area (Å²) in [6.07, 6.45) is 23.6. The van der Waals surface area contributed by atoms with Crippen molar-refractivity contribution in [1.82, 2.24) is 0 Å². The predicted molar refractivity (Wildman–Crippen MR) is 130 cm³/mol. The van der Waals surface area contributed by atoms with Crippen LogP contribution >= 0.6 is 0 Å². The molecule has 0 aliphatic carbocycles. The van der Waals surface area contributed by atoms with E-state index in [0.29, 0.717) is 10.8 Å². The second-order valence-corrected chi connectivity index (χ2v) is 13.8. The fourth-order valence-electron chi connectivity index (χ4n) is 3.96. The Labute approximate surface area is 180 Å². The van der Waals surface area contributed by atoms with Gasteiger partial charge in [0, 0.05) is 0 Å². The molecule has 0 unspecified atom stereocenters. The molecule has 0 amide bonds. The third-order valence-electron chi connectivity index (χ3n) is 5.85. The van der Waals surface area contributed by atoms with Gasteiger partial charge in [-0.1, -0.05) is 142 Å². The summed E-state index contributed by atoms with van der Waals surface area (Å²) in [5, 5.41) is 3.24. The maximum atomic E-state index is 2.37. The highest BCUT2D eigenvalue weighted by Crippen LogP contribution is 2.23. The highest BCUT2D eigenvalue weighted by molar-refractivity contribution is 6.35. The van der Waals surface area contributed by atoms with E-state index in [1.165, 1.54) is 89.9 Å². The van der Waals surface area contributed by atoms with Gasteiger partial charge in [-0.15, -0.1) is 0 Å². The Balaban J connectivity index is 3.07. The fraction of sp³-hybridized carbons (Fsp3) is 1.00. The molecule has 0 aromatic rings. The first kappa shape index (κ1) is 27.5. The van der Waals surface area contributed by atoms with Crippen molar-refractivity contribution in [1.29, 1.82) is 0 Å². The summed E-state index contributed by atoms with van der Waals surface area (Å²) in [4.78, 5) is 0. The summed E-state index contributed by atoms with van der Waals surface area (Å²) in [7, 11) is 0. The average Bonchev–Trinajstić information content (AvgIpc) is 2.55. The maximum Gasteiger partial charge on any atom is 0.236 e. The largest absolute Gasteiger partial charge is 0.236 e. The van der Waals surface area contributed by atoms with Crippen LogP contribution in [0.5, 0.6) is 0 Å². The number of hydrogen-bond acceptors (Lipinski definition) is 0. The Morgan fingerprint density at radius 1 is 0.370 bits per heavy atom. The smallest absolute Gasteiger partial charge is 0.0972 e. The molecule has 0 aromatic heterocycles. The van der Waals surface area contributed by atoms with E-state index in [0.717, 1.165) is 0 Å². The van der Waals surface area contributed by atoms with Gasteiger partial charge in [0.05, 0.1) is 0 Å². The van der Waals surface area contributed by atoms with Crippen LogP contribution in [0.25, 0.3) is 0 Å². The minimum absolute atomic E-state index is 0.285. The van der Waals surface area contributed by atoms with E-state index in [-0.39, 0.29) is 15.2 Å². The van der Waals surface area contributed by atoms with E-state index in [2.05, 4.69) is 41.5 Å². The normalized spacial score (nSPS) is 12.5. The summed E-state index contributed by atoms with van der Waals surface area (Å²) >= 11 is 0.285. The number of unbranched alkanes of at least 4 members (excludes halogenated alkanes) is 12. The van der Waals surface area contributed by atoms with Crippen LogP contribution in [0.15, 0.2) is 0 Å². The molecule has 0 atom stereocenters. The fourth-order valence-corrected chi connectivity index (χ4v) is 5.73. The minimum Gasteiger partial charge on any atom is -0.0972 e. The lowest BCUT2D eigenvalue weighted by Crippen LogP contribution is -2.03. The van der Waals surface area contributed by atoms with Crippen molar-refractivity contribution in [3.8, 4) is 0 Å². The summed E-state index contributed by atoms with van der Waals surface area (Å²) in [6.45, 7) is 14.2. The van der Waals surface area contributed by atoms with Crippen molar-refractivity contribution >= 4 is 15.2 Å². The van der Waals surface area contributed by atoms with E-state index in [9.17, 15) is 0 Å². The van der Waals surface area contributed by atoms with Gasteiger partial charge >= 0.3 is 0 Å². The summed E-state index contributed by atoms with van der Waals surface area (Å²) < 4.78 is 0. The lowest BCUT2D eigenvalue weighted by Gasteiger charge is -2.17.